The maximum absolute atomic E-state index is 12.5. The molecule has 5 nitrogen and oxygen atoms in total. The Hall–Kier alpha value is -2.79. The van der Waals surface area contributed by atoms with Gasteiger partial charge in [-0.1, -0.05) is 12.1 Å². The van der Waals surface area contributed by atoms with Crippen LogP contribution in [0, 0.1) is 22.7 Å². The van der Waals surface area contributed by atoms with Crippen molar-refractivity contribution in [1.82, 2.24) is 4.90 Å². The first-order valence-corrected chi connectivity index (χ1v) is 6.91. The molecule has 1 aromatic carbocycles. The highest BCUT2D eigenvalue weighted by molar-refractivity contribution is 5.99. The van der Waals surface area contributed by atoms with E-state index < -0.39 is 0 Å². The molecule has 0 saturated carbocycles. The zero-order valence-electron chi connectivity index (χ0n) is 11.7. The van der Waals surface area contributed by atoms with Crippen molar-refractivity contribution < 1.29 is 4.79 Å². The highest BCUT2D eigenvalue weighted by Crippen LogP contribution is 2.20. The lowest BCUT2D eigenvalue weighted by Crippen LogP contribution is -2.35. The van der Waals surface area contributed by atoms with E-state index in [4.69, 9.17) is 10.5 Å². The zero-order chi connectivity index (χ0) is 15.1. The van der Waals surface area contributed by atoms with Crippen LogP contribution in [-0.4, -0.2) is 23.9 Å². The number of allylic oxidation sites excluding steroid dienone is 1. The summed E-state index contributed by atoms with van der Waals surface area (Å²) in [6.45, 7) is 1.56. The summed E-state index contributed by atoms with van der Waals surface area (Å²) in [7, 11) is 0. The molecule has 2 rings (SSSR count). The zero-order valence-corrected chi connectivity index (χ0v) is 11.7. The van der Waals surface area contributed by atoms with Crippen molar-refractivity contribution in [2.75, 3.05) is 18.4 Å². The van der Waals surface area contributed by atoms with Gasteiger partial charge in [-0.25, -0.2) is 0 Å². The molecule has 21 heavy (non-hydrogen) atoms. The Morgan fingerprint density at radius 1 is 1.14 bits per heavy atom. The maximum atomic E-state index is 12.5. The van der Waals surface area contributed by atoms with Crippen LogP contribution in [0.1, 0.15) is 29.6 Å². The molecular weight excluding hydrogens is 264 g/mol. The number of anilines is 1. The molecule has 0 unspecified atom stereocenters. The number of nitrogens with zero attached hydrogens (tertiary/aromatic N) is 3. The van der Waals surface area contributed by atoms with Gasteiger partial charge in [0, 0.05) is 19.3 Å². The fourth-order valence-electron chi connectivity index (χ4n) is 2.30. The maximum Gasteiger partial charge on any atom is 0.255 e. The van der Waals surface area contributed by atoms with Crippen molar-refractivity contribution in [1.29, 1.82) is 10.5 Å². The molecule has 1 heterocycles. The average molecular weight is 280 g/mol. The van der Waals surface area contributed by atoms with Crippen LogP contribution in [0.4, 0.5) is 5.69 Å². The number of nitriles is 2. The fourth-order valence-corrected chi connectivity index (χ4v) is 2.30. The van der Waals surface area contributed by atoms with Gasteiger partial charge < -0.3 is 10.2 Å². The number of amides is 1. The largest absolute Gasteiger partial charge is 0.359 e. The van der Waals surface area contributed by atoms with Crippen LogP contribution in [-0.2, 0) is 0 Å². The first-order valence-electron chi connectivity index (χ1n) is 6.91. The van der Waals surface area contributed by atoms with E-state index in [1.54, 1.807) is 24.3 Å². The number of benzene rings is 1. The Balaban J connectivity index is 2.21. The lowest BCUT2D eigenvalue weighted by Gasteiger charge is -2.27. The van der Waals surface area contributed by atoms with E-state index in [9.17, 15) is 4.79 Å². The molecule has 0 aliphatic carbocycles. The second kappa shape index (κ2) is 7.12. The Morgan fingerprint density at radius 3 is 2.48 bits per heavy atom. The summed E-state index contributed by atoms with van der Waals surface area (Å²) >= 11 is 0. The van der Waals surface area contributed by atoms with Crippen LogP contribution in [0.3, 0.4) is 0 Å². The number of para-hydroxylation sites is 1. The molecule has 1 N–H and O–H groups in total. The quantitative estimate of drug-likeness (QED) is 0.863. The van der Waals surface area contributed by atoms with Crippen LogP contribution in [0.25, 0.3) is 0 Å². The van der Waals surface area contributed by atoms with Gasteiger partial charge in [0.05, 0.1) is 11.3 Å². The van der Waals surface area contributed by atoms with E-state index in [1.807, 2.05) is 17.0 Å². The second-order valence-electron chi connectivity index (χ2n) is 4.82. The van der Waals surface area contributed by atoms with Crippen molar-refractivity contribution in [3.8, 4) is 12.1 Å². The predicted octanol–water partition coefficient (Wildman–Crippen LogP) is 2.66. The average Bonchev–Trinajstić information content (AvgIpc) is 2.56. The van der Waals surface area contributed by atoms with Gasteiger partial charge in [0.2, 0.25) is 0 Å². The van der Waals surface area contributed by atoms with E-state index in [-0.39, 0.29) is 11.5 Å². The summed E-state index contributed by atoms with van der Waals surface area (Å²) in [5, 5.41) is 20.3. The topological polar surface area (TPSA) is 79.9 Å². The molecule has 0 bridgehead atoms. The number of rotatable bonds is 3. The van der Waals surface area contributed by atoms with Crippen LogP contribution < -0.4 is 5.32 Å². The molecule has 1 saturated heterocycles. The van der Waals surface area contributed by atoms with E-state index in [1.165, 1.54) is 12.6 Å². The molecule has 5 heteroatoms. The smallest absolute Gasteiger partial charge is 0.255 e. The minimum Gasteiger partial charge on any atom is -0.359 e. The van der Waals surface area contributed by atoms with Crippen molar-refractivity contribution in [2.24, 2.45) is 0 Å². The molecule has 0 aromatic heterocycles. The van der Waals surface area contributed by atoms with E-state index >= 15 is 0 Å². The molecule has 0 atom stereocenters. The highest BCUT2D eigenvalue weighted by Gasteiger charge is 2.20. The molecular formula is C16H16N4O. The summed E-state index contributed by atoms with van der Waals surface area (Å²) in [5.74, 6) is -0.0123. The standard InChI is InChI=1S/C16H16N4O/c17-10-13(11-18)12-19-15-7-3-2-6-14(15)16(21)20-8-4-1-5-9-20/h2-3,6-7,12,19H,1,4-5,8-9H2. The minimum absolute atomic E-state index is 0.0123. The lowest BCUT2D eigenvalue weighted by molar-refractivity contribution is 0.0725. The molecule has 1 aliphatic rings. The normalized spacial score (nSPS) is 13.7. The third kappa shape index (κ3) is 3.61. The van der Waals surface area contributed by atoms with Crippen LogP contribution in [0.15, 0.2) is 36.0 Å². The lowest BCUT2D eigenvalue weighted by atomic mass is 10.1. The first kappa shape index (κ1) is 14.6. The van der Waals surface area contributed by atoms with Crippen molar-refractivity contribution in [3.05, 3.63) is 41.6 Å². The van der Waals surface area contributed by atoms with Crippen molar-refractivity contribution in [2.45, 2.75) is 19.3 Å². The van der Waals surface area contributed by atoms with Gasteiger partial charge in [-0.15, -0.1) is 0 Å². The summed E-state index contributed by atoms with van der Waals surface area (Å²) in [5.41, 5.74) is 1.14. The Morgan fingerprint density at radius 2 is 1.81 bits per heavy atom. The van der Waals surface area contributed by atoms with Crippen LogP contribution in [0.5, 0.6) is 0 Å². The van der Waals surface area contributed by atoms with Crippen molar-refractivity contribution in [3.63, 3.8) is 0 Å². The van der Waals surface area contributed by atoms with Crippen LogP contribution in [0.2, 0.25) is 0 Å². The molecule has 1 aliphatic heterocycles. The highest BCUT2D eigenvalue weighted by atomic mass is 16.2. The van der Waals surface area contributed by atoms with Gasteiger partial charge in [0.15, 0.2) is 0 Å². The number of carbonyl (C=O) groups is 1. The van der Waals surface area contributed by atoms with Gasteiger partial charge in [0.1, 0.15) is 17.7 Å². The Bertz CT molecular complexity index is 614. The summed E-state index contributed by atoms with van der Waals surface area (Å²) in [6.07, 6.45) is 4.56. The molecule has 0 spiro atoms. The summed E-state index contributed by atoms with van der Waals surface area (Å²) < 4.78 is 0. The monoisotopic (exact) mass is 280 g/mol. The van der Waals surface area contributed by atoms with E-state index in [0.29, 0.717) is 11.3 Å². The predicted molar refractivity (Wildman–Crippen MR) is 79.1 cm³/mol. The molecule has 1 amide bonds. The minimum atomic E-state index is -0.0322. The third-order valence-corrected chi connectivity index (χ3v) is 3.41. The molecule has 1 aromatic rings. The number of nitrogens with one attached hydrogen (secondary N) is 1. The Labute approximate surface area is 124 Å². The van der Waals surface area contributed by atoms with E-state index in [2.05, 4.69) is 5.32 Å². The van der Waals surface area contributed by atoms with Gasteiger partial charge in [-0.05, 0) is 31.4 Å². The van der Waals surface area contributed by atoms with Crippen molar-refractivity contribution >= 4 is 11.6 Å². The molecule has 0 radical (unpaired) electrons. The summed E-state index contributed by atoms with van der Waals surface area (Å²) in [6, 6.07) is 10.7. The number of hydrogen-bond acceptors (Lipinski definition) is 4. The first-order chi connectivity index (χ1) is 10.3. The van der Waals surface area contributed by atoms with Gasteiger partial charge in [0.25, 0.3) is 5.91 Å². The number of hydrogen-bond donors (Lipinski definition) is 1. The van der Waals surface area contributed by atoms with Gasteiger partial charge in [-0.2, -0.15) is 10.5 Å². The second-order valence-corrected chi connectivity index (χ2v) is 4.82. The van der Waals surface area contributed by atoms with Crippen LogP contribution >= 0.6 is 0 Å². The summed E-state index contributed by atoms with van der Waals surface area (Å²) in [4.78, 5) is 14.4. The van der Waals surface area contributed by atoms with Gasteiger partial charge >= 0.3 is 0 Å². The number of carbonyl (C=O) groups excluding carboxylic acids is 1. The molecule has 106 valence electrons. The third-order valence-electron chi connectivity index (χ3n) is 3.41. The number of piperidine rings is 1. The van der Waals surface area contributed by atoms with Gasteiger partial charge in [-0.3, -0.25) is 4.79 Å². The van der Waals surface area contributed by atoms with E-state index in [0.717, 1.165) is 25.9 Å². The molecule has 1 fully saturated rings. The number of likely N-dealkylation sites (tertiary alicyclic amines) is 1. The fraction of sp³-hybridized carbons (Fsp3) is 0.312. The SMILES string of the molecule is N#CC(C#N)=CNc1ccccc1C(=O)N1CCCCC1. The Kier molecular flexibility index (Phi) is 4.95.